The summed E-state index contributed by atoms with van der Waals surface area (Å²) in [6, 6.07) is 3.74. The van der Waals surface area contributed by atoms with E-state index in [4.69, 9.17) is 16.9 Å². The minimum atomic E-state index is -0.541. The summed E-state index contributed by atoms with van der Waals surface area (Å²) >= 11 is 1.35. The number of carbonyl (C=O) groups is 1. The lowest BCUT2D eigenvalue weighted by Gasteiger charge is -2.22. The molecule has 148 valence electrons. The molecular formula is C20H18FN5O2S. The molecule has 1 atom stereocenters. The number of halogens is 1. The fourth-order valence-corrected chi connectivity index (χ4v) is 3.38. The van der Waals surface area contributed by atoms with Crippen LogP contribution in [-0.4, -0.2) is 27.6 Å². The van der Waals surface area contributed by atoms with Gasteiger partial charge in [-0.1, -0.05) is 17.7 Å². The standard InChI is InChI=1S/C20H18FN5O2S/c1-4-7-28-17-10-23-16(9-24-17)19(27)25-13-5-6-15(21)14(8-13)18-11(2)12(3)29-20(22)26-18/h1,5-6,8-10,18H,7H2,2-3H3,(H2,22,26)(H,25,27)/t18-/m0/s1. The van der Waals surface area contributed by atoms with Crippen molar-refractivity contribution in [2.24, 2.45) is 10.7 Å². The summed E-state index contributed by atoms with van der Waals surface area (Å²) in [5.41, 5.74) is 7.56. The number of anilines is 1. The van der Waals surface area contributed by atoms with Crippen LogP contribution in [-0.2, 0) is 0 Å². The molecule has 1 aromatic heterocycles. The molecule has 2 heterocycles. The first kappa shape index (κ1) is 20.4. The molecule has 0 bridgehead atoms. The molecule has 0 spiro atoms. The van der Waals surface area contributed by atoms with Crippen LogP contribution in [0, 0.1) is 18.2 Å². The quantitative estimate of drug-likeness (QED) is 0.732. The van der Waals surface area contributed by atoms with Gasteiger partial charge < -0.3 is 15.8 Å². The fraction of sp³-hybridized carbons (Fsp3) is 0.200. The van der Waals surface area contributed by atoms with Crippen molar-refractivity contribution in [1.82, 2.24) is 9.97 Å². The third-order valence-electron chi connectivity index (χ3n) is 4.19. The predicted molar refractivity (Wildman–Crippen MR) is 111 cm³/mol. The molecule has 7 nitrogen and oxygen atoms in total. The summed E-state index contributed by atoms with van der Waals surface area (Å²) in [4.78, 5) is 25.7. The predicted octanol–water partition coefficient (Wildman–Crippen LogP) is 3.28. The SMILES string of the molecule is C#CCOc1cnc(C(=O)Nc2ccc(F)c([C@H]3N=C(N)SC(C)=C3C)c2)cn1. The summed E-state index contributed by atoms with van der Waals surface area (Å²) in [5, 5.41) is 3.05. The van der Waals surface area contributed by atoms with Gasteiger partial charge in [0.15, 0.2) is 11.8 Å². The number of nitrogens with two attached hydrogens (primary N) is 1. The maximum atomic E-state index is 14.5. The summed E-state index contributed by atoms with van der Waals surface area (Å²) in [6.07, 6.45) is 7.68. The molecule has 29 heavy (non-hydrogen) atoms. The molecule has 3 rings (SSSR count). The lowest BCUT2D eigenvalue weighted by molar-refractivity contribution is 0.102. The van der Waals surface area contributed by atoms with E-state index in [0.717, 1.165) is 10.5 Å². The van der Waals surface area contributed by atoms with Gasteiger partial charge in [0.2, 0.25) is 5.88 Å². The number of amides is 1. The van der Waals surface area contributed by atoms with Gasteiger partial charge in [-0.25, -0.2) is 19.4 Å². The van der Waals surface area contributed by atoms with E-state index in [1.807, 2.05) is 13.8 Å². The largest absolute Gasteiger partial charge is 0.463 e. The van der Waals surface area contributed by atoms with Crippen LogP contribution in [0.15, 0.2) is 46.1 Å². The van der Waals surface area contributed by atoms with Crippen molar-refractivity contribution in [3.8, 4) is 18.2 Å². The Kier molecular flexibility index (Phi) is 6.14. The second kappa shape index (κ2) is 8.75. The highest BCUT2D eigenvalue weighted by Gasteiger charge is 2.24. The van der Waals surface area contributed by atoms with Crippen LogP contribution >= 0.6 is 11.8 Å². The average molecular weight is 411 g/mol. The van der Waals surface area contributed by atoms with Crippen LogP contribution in [0.25, 0.3) is 0 Å². The first-order valence-corrected chi connectivity index (χ1v) is 9.38. The number of rotatable bonds is 5. The van der Waals surface area contributed by atoms with Crippen molar-refractivity contribution in [3.63, 3.8) is 0 Å². The molecule has 1 aromatic carbocycles. The summed E-state index contributed by atoms with van der Waals surface area (Å²) < 4.78 is 19.6. The van der Waals surface area contributed by atoms with E-state index in [1.54, 1.807) is 6.07 Å². The van der Waals surface area contributed by atoms with Gasteiger partial charge >= 0.3 is 0 Å². The van der Waals surface area contributed by atoms with E-state index in [9.17, 15) is 9.18 Å². The zero-order valence-corrected chi connectivity index (χ0v) is 16.6. The van der Waals surface area contributed by atoms with Crippen LogP contribution in [0.4, 0.5) is 10.1 Å². The molecule has 0 radical (unpaired) electrons. The molecule has 3 N–H and O–H groups in total. The summed E-state index contributed by atoms with van der Waals surface area (Å²) in [6.45, 7) is 3.85. The highest BCUT2D eigenvalue weighted by atomic mass is 32.2. The number of benzene rings is 1. The minimum absolute atomic E-state index is 0.0542. The Morgan fingerprint density at radius 1 is 1.38 bits per heavy atom. The van der Waals surface area contributed by atoms with Crippen molar-refractivity contribution < 1.29 is 13.9 Å². The van der Waals surface area contributed by atoms with E-state index in [0.29, 0.717) is 16.4 Å². The average Bonchev–Trinajstić information content (AvgIpc) is 2.71. The molecule has 0 aliphatic carbocycles. The van der Waals surface area contributed by atoms with Crippen LogP contribution in [0.5, 0.6) is 5.88 Å². The number of hydrogen-bond acceptors (Lipinski definition) is 7. The Hall–Kier alpha value is -3.38. The number of thioether (sulfide) groups is 1. The number of hydrogen-bond donors (Lipinski definition) is 2. The molecule has 9 heteroatoms. The second-order valence-corrected chi connectivity index (χ2v) is 7.37. The monoisotopic (exact) mass is 411 g/mol. The van der Waals surface area contributed by atoms with E-state index in [2.05, 4.69) is 26.2 Å². The maximum Gasteiger partial charge on any atom is 0.275 e. The topological polar surface area (TPSA) is 102 Å². The molecular weight excluding hydrogens is 393 g/mol. The fourth-order valence-electron chi connectivity index (χ4n) is 2.63. The number of nitrogens with zero attached hydrogens (tertiary/aromatic N) is 3. The third-order valence-corrected chi connectivity index (χ3v) is 5.13. The molecule has 2 aromatic rings. The number of ether oxygens (including phenoxy) is 1. The zero-order chi connectivity index (χ0) is 21.0. The Balaban J connectivity index is 1.80. The molecule has 0 unspecified atom stereocenters. The van der Waals surface area contributed by atoms with Crippen molar-refractivity contribution in [1.29, 1.82) is 0 Å². The molecule has 0 fully saturated rings. The van der Waals surface area contributed by atoms with Crippen molar-refractivity contribution in [2.45, 2.75) is 19.9 Å². The number of terminal acetylenes is 1. The second-order valence-electron chi connectivity index (χ2n) is 6.13. The van der Waals surface area contributed by atoms with Crippen molar-refractivity contribution in [3.05, 3.63) is 58.1 Å². The number of nitrogens with one attached hydrogen (secondary N) is 1. The third kappa shape index (κ3) is 4.73. The number of amidine groups is 1. The first-order chi connectivity index (χ1) is 13.9. The van der Waals surface area contributed by atoms with E-state index in [1.165, 1.54) is 36.3 Å². The number of aliphatic imine (C=N–C) groups is 1. The maximum absolute atomic E-state index is 14.5. The van der Waals surface area contributed by atoms with Gasteiger partial charge in [0, 0.05) is 11.3 Å². The highest BCUT2D eigenvalue weighted by Crippen LogP contribution is 2.38. The van der Waals surface area contributed by atoms with E-state index >= 15 is 0 Å². The van der Waals surface area contributed by atoms with Crippen LogP contribution in [0.1, 0.15) is 35.9 Å². The smallest absolute Gasteiger partial charge is 0.275 e. The minimum Gasteiger partial charge on any atom is -0.463 e. The lowest BCUT2D eigenvalue weighted by atomic mass is 9.99. The number of aromatic nitrogens is 2. The van der Waals surface area contributed by atoms with Crippen LogP contribution in [0.2, 0.25) is 0 Å². The van der Waals surface area contributed by atoms with Gasteiger partial charge in [0.05, 0.1) is 12.4 Å². The van der Waals surface area contributed by atoms with Gasteiger partial charge in [-0.05, 0) is 42.5 Å². The Morgan fingerprint density at radius 2 is 2.17 bits per heavy atom. The molecule has 1 aliphatic rings. The lowest BCUT2D eigenvalue weighted by Crippen LogP contribution is -2.17. The molecule has 1 amide bonds. The highest BCUT2D eigenvalue weighted by molar-refractivity contribution is 8.17. The summed E-state index contributed by atoms with van der Waals surface area (Å²) in [5.74, 6) is 1.60. The van der Waals surface area contributed by atoms with Crippen molar-refractivity contribution >= 4 is 28.5 Å². The number of carbonyl (C=O) groups excluding carboxylic acids is 1. The van der Waals surface area contributed by atoms with Gasteiger partial charge in [0.1, 0.15) is 17.6 Å². The van der Waals surface area contributed by atoms with Gasteiger partial charge in [-0.3, -0.25) is 4.79 Å². The van der Waals surface area contributed by atoms with E-state index in [-0.39, 0.29) is 18.2 Å². The summed E-state index contributed by atoms with van der Waals surface area (Å²) in [7, 11) is 0. The molecule has 1 aliphatic heterocycles. The zero-order valence-electron chi connectivity index (χ0n) is 15.8. The van der Waals surface area contributed by atoms with Gasteiger partial charge in [0.25, 0.3) is 5.91 Å². The van der Waals surface area contributed by atoms with Crippen LogP contribution in [0.3, 0.4) is 0 Å². The van der Waals surface area contributed by atoms with Gasteiger partial charge in [-0.2, -0.15) is 0 Å². The van der Waals surface area contributed by atoms with E-state index < -0.39 is 17.8 Å². The molecule has 0 saturated carbocycles. The number of allylic oxidation sites excluding steroid dienone is 1. The van der Waals surface area contributed by atoms with Crippen molar-refractivity contribution in [2.75, 3.05) is 11.9 Å². The Morgan fingerprint density at radius 3 is 2.86 bits per heavy atom. The van der Waals surface area contributed by atoms with Crippen LogP contribution < -0.4 is 15.8 Å². The first-order valence-electron chi connectivity index (χ1n) is 8.56. The normalized spacial score (nSPS) is 16.1. The molecule has 0 saturated heterocycles. The van der Waals surface area contributed by atoms with Gasteiger partial charge in [-0.15, -0.1) is 6.42 Å². The Labute approximate surface area is 171 Å². The Bertz CT molecular complexity index is 1040.